The van der Waals surface area contributed by atoms with Gasteiger partial charge in [0.05, 0.1) is 9.79 Å². The second-order valence-corrected chi connectivity index (χ2v) is 14.7. The van der Waals surface area contributed by atoms with Gasteiger partial charge in [0.2, 0.25) is 0 Å². The lowest BCUT2D eigenvalue weighted by Crippen LogP contribution is -2.16. The highest BCUT2D eigenvalue weighted by Gasteiger charge is 2.34. The summed E-state index contributed by atoms with van der Waals surface area (Å²) in [4.78, 5) is -0.466. The van der Waals surface area contributed by atoms with Crippen LogP contribution in [0.3, 0.4) is 0 Å². The molecule has 1 atom stereocenters. The smallest absolute Gasteiger partial charge is 0.207 e. The fourth-order valence-corrected chi connectivity index (χ4v) is 9.50. The van der Waals surface area contributed by atoms with Crippen LogP contribution in [0, 0.1) is 0 Å². The summed E-state index contributed by atoms with van der Waals surface area (Å²) >= 11 is 0. The summed E-state index contributed by atoms with van der Waals surface area (Å²) in [6.07, 6.45) is 0. The molecule has 1 heterocycles. The Morgan fingerprint density at radius 1 is 0.500 bits per heavy atom. The highest BCUT2D eigenvalue weighted by molar-refractivity contribution is 8.67. The fourth-order valence-electron chi connectivity index (χ4n) is 3.81. The highest BCUT2D eigenvalue weighted by Crippen LogP contribution is 2.47. The lowest BCUT2D eigenvalue weighted by molar-refractivity contribution is 0.582. The van der Waals surface area contributed by atoms with E-state index in [1.54, 1.807) is 18.2 Å². The van der Waals surface area contributed by atoms with Gasteiger partial charge in [0.15, 0.2) is 18.0 Å². The second-order valence-electron chi connectivity index (χ2n) is 7.31. The van der Waals surface area contributed by atoms with Gasteiger partial charge in [0.1, 0.15) is 5.80 Å². The molecule has 1 aromatic heterocycles. The van der Waals surface area contributed by atoms with Crippen molar-refractivity contribution < 1.29 is 16.8 Å². The lowest BCUT2D eigenvalue weighted by atomic mass is 10.1. The molecule has 32 heavy (non-hydrogen) atoms. The average molecular weight is 478 g/mol. The van der Waals surface area contributed by atoms with Crippen molar-refractivity contribution in [1.29, 1.82) is 0 Å². The monoisotopic (exact) mass is 477 g/mol. The molecule has 5 aromatic rings. The summed E-state index contributed by atoms with van der Waals surface area (Å²) in [6.45, 7) is 0. The molecule has 0 spiro atoms. The van der Waals surface area contributed by atoms with E-state index in [-0.39, 0.29) is 9.79 Å². The van der Waals surface area contributed by atoms with E-state index in [2.05, 4.69) is 36.1 Å². The van der Waals surface area contributed by atoms with E-state index in [0.29, 0.717) is 0 Å². The number of hydrogen-bond donors (Lipinski definition) is 0. The Morgan fingerprint density at radius 2 is 1.09 bits per heavy atom. The molecule has 0 aliphatic rings. The molecule has 1 unspecified atom stereocenters. The van der Waals surface area contributed by atoms with Gasteiger partial charge >= 0.3 is 0 Å². The Kier molecular flexibility index (Phi) is 5.09. The first-order valence-electron chi connectivity index (χ1n) is 9.87. The van der Waals surface area contributed by atoms with Gasteiger partial charge in [-0.2, -0.15) is 0 Å². The van der Waals surface area contributed by atoms with Gasteiger partial charge in [-0.1, -0.05) is 42.5 Å². The Hall–Kier alpha value is -3.05. The molecule has 158 valence electrons. The first-order chi connectivity index (χ1) is 15.4. The molecule has 0 aliphatic heterocycles. The van der Waals surface area contributed by atoms with Gasteiger partial charge in [-0.15, -0.1) is 0 Å². The first-order valence-corrected chi connectivity index (χ1v) is 14.8. The van der Waals surface area contributed by atoms with Crippen molar-refractivity contribution in [3.8, 4) is 5.30 Å². The van der Waals surface area contributed by atoms with Crippen LogP contribution in [0.5, 0.6) is 0 Å². The molecular formula is C25H18O4PS2+. The van der Waals surface area contributed by atoms with Crippen LogP contribution in [-0.2, 0) is 17.7 Å². The van der Waals surface area contributed by atoms with Crippen molar-refractivity contribution in [3.05, 3.63) is 109 Å². The third-order valence-electron chi connectivity index (χ3n) is 5.43. The van der Waals surface area contributed by atoms with Crippen molar-refractivity contribution in [2.24, 2.45) is 0 Å². The number of hydrogen-bond acceptors (Lipinski definition) is 4. The number of rotatable bonds is 4. The van der Waals surface area contributed by atoms with Gasteiger partial charge < -0.3 is 0 Å². The lowest BCUT2D eigenvalue weighted by Gasteiger charge is -2.06. The molecule has 0 fully saturated rings. The second kappa shape index (κ2) is 7.82. The van der Waals surface area contributed by atoms with E-state index >= 15 is 0 Å². The van der Waals surface area contributed by atoms with Gasteiger partial charge in [-0.3, -0.25) is 0 Å². The van der Waals surface area contributed by atoms with Gasteiger partial charge in [0, 0.05) is 5.39 Å². The molecule has 0 bridgehead atoms. The SMILES string of the molecule is O=S(=O)(c1ccccc1)S(=O)(=O)c1ccc(-[p+]2cccc3c4ccccc4ccc32)cc1. The van der Waals surface area contributed by atoms with E-state index in [4.69, 9.17) is 0 Å². The zero-order chi connectivity index (χ0) is 22.3. The summed E-state index contributed by atoms with van der Waals surface area (Å²) in [5.41, 5.74) is 0. The maximum absolute atomic E-state index is 12.9. The van der Waals surface area contributed by atoms with E-state index < -0.39 is 25.3 Å². The van der Waals surface area contributed by atoms with Crippen LogP contribution >= 0.6 is 7.53 Å². The highest BCUT2D eigenvalue weighted by atomic mass is 33.2. The minimum absolute atomic E-state index is 0.230. The zero-order valence-electron chi connectivity index (χ0n) is 16.8. The Labute approximate surface area is 187 Å². The molecule has 0 radical (unpaired) electrons. The summed E-state index contributed by atoms with van der Waals surface area (Å²) in [7, 11) is -9.95. The van der Waals surface area contributed by atoms with Crippen LogP contribution in [0.1, 0.15) is 0 Å². The molecule has 0 aliphatic carbocycles. The van der Waals surface area contributed by atoms with Crippen molar-refractivity contribution >= 4 is 46.5 Å². The summed E-state index contributed by atoms with van der Waals surface area (Å²) < 4.78 is 51.2. The first kappa shape index (κ1) is 20.8. The predicted molar refractivity (Wildman–Crippen MR) is 131 cm³/mol. The molecule has 0 saturated heterocycles. The fraction of sp³-hybridized carbons (Fsp3) is 0. The maximum atomic E-state index is 12.9. The minimum atomic E-state index is -4.57. The Morgan fingerprint density at radius 3 is 1.81 bits per heavy atom. The predicted octanol–water partition coefficient (Wildman–Crippen LogP) is 6.41. The normalized spacial score (nSPS) is 12.8. The molecule has 0 amide bonds. The van der Waals surface area contributed by atoms with Gasteiger partial charge in [0.25, 0.3) is 17.7 Å². The average Bonchev–Trinajstić information content (AvgIpc) is 2.84. The molecule has 5 rings (SSSR count). The van der Waals surface area contributed by atoms with E-state index in [1.807, 2.05) is 18.2 Å². The topological polar surface area (TPSA) is 68.3 Å². The Balaban J connectivity index is 1.60. The largest absolute Gasteiger partial charge is 0.286 e. The Bertz CT molecular complexity index is 1680. The van der Waals surface area contributed by atoms with Crippen LogP contribution in [0.4, 0.5) is 0 Å². The summed E-state index contributed by atoms with van der Waals surface area (Å²) in [6, 6.07) is 30.0. The van der Waals surface area contributed by atoms with Crippen LogP contribution in [0.2, 0.25) is 0 Å². The van der Waals surface area contributed by atoms with Crippen LogP contribution in [0.25, 0.3) is 26.6 Å². The van der Waals surface area contributed by atoms with Crippen molar-refractivity contribution in [1.82, 2.24) is 0 Å². The third-order valence-corrected chi connectivity index (χ3v) is 12.8. The van der Waals surface area contributed by atoms with Crippen LogP contribution in [-0.4, -0.2) is 16.8 Å². The molecule has 7 heteroatoms. The number of fused-ring (bicyclic) bond motifs is 3. The van der Waals surface area contributed by atoms with Crippen molar-refractivity contribution in [3.63, 3.8) is 0 Å². The molecule has 0 N–H and O–H groups in total. The number of benzene rings is 4. The standard InChI is InChI=1S/C25H18O4PS2/c26-31(27,21-8-2-1-3-9-21)32(28,29)22-15-13-20(14-16-22)30-18-6-11-24-23-10-5-4-7-19(23)12-17-25(24)30/h1-18H/q+1. The van der Waals surface area contributed by atoms with Crippen molar-refractivity contribution in [2.75, 3.05) is 0 Å². The molecular weight excluding hydrogens is 459 g/mol. The van der Waals surface area contributed by atoms with Crippen molar-refractivity contribution in [2.45, 2.75) is 9.79 Å². The van der Waals surface area contributed by atoms with Crippen LogP contribution in [0.15, 0.2) is 119 Å². The van der Waals surface area contributed by atoms with Gasteiger partial charge in [-0.05, 0) is 71.4 Å². The molecule has 0 saturated carbocycles. The molecule has 4 nitrogen and oxygen atoms in total. The van der Waals surface area contributed by atoms with E-state index in [0.717, 1.165) is 5.30 Å². The minimum Gasteiger partial charge on any atom is -0.207 e. The summed E-state index contributed by atoms with van der Waals surface area (Å²) in [5.74, 6) is 2.12. The summed E-state index contributed by atoms with van der Waals surface area (Å²) in [5, 5.41) is 5.65. The van der Waals surface area contributed by atoms with E-state index in [9.17, 15) is 16.8 Å². The van der Waals surface area contributed by atoms with E-state index in [1.165, 1.54) is 57.7 Å². The van der Waals surface area contributed by atoms with Gasteiger partial charge in [-0.25, -0.2) is 16.8 Å². The quantitative estimate of drug-likeness (QED) is 0.221. The van der Waals surface area contributed by atoms with Crippen LogP contribution < -0.4 is 0 Å². The zero-order valence-corrected chi connectivity index (χ0v) is 19.3. The maximum Gasteiger partial charge on any atom is 0.286 e. The third kappa shape index (κ3) is 3.32. The molecule has 4 aromatic carbocycles.